The zero-order valence-corrected chi connectivity index (χ0v) is 8.62. The van der Waals surface area contributed by atoms with Gasteiger partial charge in [-0.15, -0.1) is 0 Å². The number of benzene rings is 1. The van der Waals surface area contributed by atoms with Crippen molar-refractivity contribution in [2.75, 3.05) is 12.4 Å². The Labute approximate surface area is 83.8 Å². The molecule has 1 heterocycles. The van der Waals surface area contributed by atoms with E-state index in [0.29, 0.717) is 0 Å². The minimum atomic E-state index is 0.952. The van der Waals surface area contributed by atoms with Gasteiger partial charge in [-0.1, -0.05) is 19.1 Å². The zero-order chi connectivity index (χ0) is 9.97. The van der Waals surface area contributed by atoms with Gasteiger partial charge >= 0.3 is 0 Å². The van der Waals surface area contributed by atoms with Crippen LogP contribution >= 0.6 is 0 Å². The molecule has 2 aromatic rings. The largest absolute Gasteiger partial charge is 0.359 e. The van der Waals surface area contributed by atoms with Gasteiger partial charge in [-0.3, -0.25) is 0 Å². The van der Waals surface area contributed by atoms with E-state index >= 15 is 0 Å². The number of aromatic nitrogens is 2. The summed E-state index contributed by atoms with van der Waals surface area (Å²) in [6.45, 7) is 3.19. The first kappa shape index (κ1) is 9.06. The predicted octanol–water partition coefficient (Wildman–Crippen LogP) is 2.49. The highest BCUT2D eigenvalue weighted by Crippen LogP contribution is 2.19. The predicted molar refractivity (Wildman–Crippen MR) is 59.6 cm³/mol. The molecule has 1 N–H and O–H groups in total. The van der Waals surface area contributed by atoms with Crippen molar-refractivity contribution >= 4 is 17.0 Å². The van der Waals surface area contributed by atoms with Crippen molar-refractivity contribution in [2.45, 2.75) is 19.9 Å². The van der Waals surface area contributed by atoms with Gasteiger partial charge in [-0.2, -0.15) is 0 Å². The monoisotopic (exact) mass is 189 g/mol. The van der Waals surface area contributed by atoms with Gasteiger partial charge in [0.1, 0.15) is 0 Å². The number of nitrogens with zero attached hydrogens (tertiary/aromatic N) is 2. The third-order valence-electron chi connectivity index (χ3n) is 2.33. The van der Waals surface area contributed by atoms with Gasteiger partial charge in [0.15, 0.2) is 0 Å². The molecule has 0 fully saturated rings. The fourth-order valence-electron chi connectivity index (χ4n) is 1.72. The van der Waals surface area contributed by atoms with Crippen LogP contribution in [0.5, 0.6) is 0 Å². The lowest BCUT2D eigenvalue weighted by atomic mass is 10.3. The molecule has 14 heavy (non-hydrogen) atoms. The molecule has 74 valence electrons. The normalized spacial score (nSPS) is 10.7. The second-order valence-electron chi connectivity index (χ2n) is 3.33. The average Bonchev–Trinajstić information content (AvgIpc) is 2.58. The summed E-state index contributed by atoms with van der Waals surface area (Å²) in [5, 5.41) is 3.12. The van der Waals surface area contributed by atoms with E-state index in [-0.39, 0.29) is 0 Å². The van der Waals surface area contributed by atoms with E-state index < -0.39 is 0 Å². The SMILES string of the molecule is CCCn1c(NC)nc2ccccc21. The molecule has 0 aliphatic carbocycles. The molecular formula is C11H15N3. The van der Waals surface area contributed by atoms with Gasteiger partial charge in [0.25, 0.3) is 0 Å². The van der Waals surface area contributed by atoms with E-state index in [1.165, 1.54) is 5.52 Å². The first-order chi connectivity index (χ1) is 6.86. The van der Waals surface area contributed by atoms with Gasteiger partial charge < -0.3 is 9.88 Å². The second-order valence-corrected chi connectivity index (χ2v) is 3.33. The van der Waals surface area contributed by atoms with Crippen LogP contribution in [0, 0.1) is 0 Å². The lowest BCUT2D eigenvalue weighted by Crippen LogP contribution is -2.02. The maximum atomic E-state index is 4.50. The van der Waals surface area contributed by atoms with Gasteiger partial charge in [-0.25, -0.2) is 4.98 Å². The van der Waals surface area contributed by atoms with Gasteiger partial charge in [0.2, 0.25) is 5.95 Å². The minimum Gasteiger partial charge on any atom is -0.359 e. The third-order valence-corrected chi connectivity index (χ3v) is 2.33. The first-order valence-corrected chi connectivity index (χ1v) is 5.00. The van der Waals surface area contributed by atoms with Crippen molar-refractivity contribution in [3.05, 3.63) is 24.3 Å². The number of para-hydroxylation sites is 2. The molecule has 3 heteroatoms. The highest BCUT2D eigenvalue weighted by atomic mass is 15.2. The Bertz CT molecular complexity index is 431. The first-order valence-electron chi connectivity index (χ1n) is 5.00. The summed E-state index contributed by atoms with van der Waals surface area (Å²) in [5.74, 6) is 0.952. The Kier molecular flexibility index (Phi) is 2.39. The Hall–Kier alpha value is -1.51. The van der Waals surface area contributed by atoms with Gasteiger partial charge in [0, 0.05) is 13.6 Å². The van der Waals surface area contributed by atoms with Crippen molar-refractivity contribution in [1.82, 2.24) is 9.55 Å². The summed E-state index contributed by atoms with van der Waals surface area (Å²) in [6, 6.07) is 8.22. The van der Waals surface area contributed by atoms with Crippen LogP contribution in [0.2, 0.25) is 0 Å². The third kappa shape index (κ3) is 1.35. The fourth-order valence-corrected chi connectivity index (χ4v) is 1.72. The van der Waals surface area contributed by atoms with Crippen molar-refractivity contribution in [2.24, 2.45) is 0 Å². The van der Waals surface area contributed by atoms with Crippen molar-refractivity contribution in [3.8, 4) is 0 Å². The highest BCUT2D eigenvalue weighted by Gasteiger charge is 2.06. The second kappa shape index (κ2) is 3.70. The standard InChI is InChI=1S/C11H15N3/c1-3-8-14-10-7-5-4-6-9(10)13-11(14)12-2/h4-7H,3,8H2,1-2H3,(H,12,13). The van der Waals surface area contributed by atoms with Crippen LogP contribution in [-0.2, 0) is 6.54 Å². The van der Waals surface area contributed by atoms with Crippen LogP contribution in [0.3, 0.4) is 0 Å². The molecule has 0 saturated carbocycles. The summed E-state index contributed by atoms with van der Waals surface area (Å²) in [4.78, 5) is 4.50. The molecular weight excluding hydrogens is 174 g/mol. The molecule has 0 unspecified atom stereocenters. The summed E-state index contributed by atoms with van der Waals surface area (Å²) < 4.78 is 2.22. The molecule has 2 rings (SSSR count). The molecule has 0 atom stereocenters. The van der Waals surface area contributed by atoms with E-state index in [9.17, 15) is 0 Å². The van der Waals surface area contributed by atoms with Crippen LogP contribution in [-0.4, -0.2) is 16.6 Å². The molecule has 0 aliphatic heterocycles. The Morgan fingerprint density at radius 1 is 1.36 bits per heavy atom. The van der Waals surface area contributed by atoms with E-state index in [0.717, 1.165) is 24.4 Å². The van der Waals surface area contributed by atoms with Crippen LogP contribution in [0.1, 0.15) is 13.3 Å². The number of nitrogens with one attached hydrogen (secondary N) is 1. The maximum absolute atomic E-state index is 4.50. The molecule has 0 spiro atoms. The number of hydrogen-bond acceptors (Lipinski definition) is 2. The van der Waals surface area contributed by atoms with Crippen LogP contribution < -0.4 is 5.32 Å². The van der Waals surface area contributed by atoms with E-state index in [2.05, 4.69) is 33.9 Å². The summed E-state index contributed by atoms with van der Waals surface area (Å²) in [6.07, 6.45) is 1.12. The van der Waals surface area contributed by atoms with Crippen molar-refractivity contribution in [3.63, 3.8) is 0 Å². The van der Waals surface area contributed by atoms with Gasteiger partial charge in [-0.05, 0) is 18.6 Å². The number of imidazole rings is 1. The molecule has 0 aliphatic rings. The van der Waals surface area contributed by atoms with Crippen LogP contribution in [0.15, 0.2) is 24.3 Å². The number of hydrogen-bond donors (Lipinski definition) is 1. The molecule has 3 nitrogen and oxygen atoms in total. The van der Waals surface area contributed by atoms with E-state index in [1.807, 2.05) is 19.2 Å². The smallest absolute Gasteiger partial charge is 0.203 e. The van der Waals surface area contributed by atoms with Crippen LogP contribution in [0.25, 0.3) is 11.0 Å². The average molecular weight is 189 g/mol. The molecule has 1 aromatic heterocycles. The Balaban J connectivity index is 2.61. The van der Waals surface area contributed by atoms with Crippen LogP contribution in [0.4, 0.5) is 5.95 Å². The molecule has 0 amide bonds. The lowest BCUT2D eigenvalue weighted by molar-refractivity contribution is 0.704. The van der Waals surface area contributed by atoms with E-state index in [1.54, 1.807) is 0 Å². The Morgan fingerprint density at radius 3 is 2.86 bits per heavy atom. The topological polar surface area (TPSA) is 29.9 Å². The molecule has 0 radical (unpaired) electrons. The van der Waals surface area contributed by atoms with Crippen molar-refractivity contribution in [1.29, 1.82) is 0 Å². The molecule has 1 aromatic carbocycles. The number of rotatable bonds is 3. The molecule has 0 bridgehead atoms. The zero-order valence-electron chi connectivity index (χ0n) is 8.62. The number of fused-ring (bicyclic) bond motifs is 1. The Morgan fingerprint density at radius 2 is 2.14 bits per heavy atom. The quantitative estimate of drug-likeness (QED) is 0.804. The van der Waals surface area contributed by atoms with E-state index in [4.69, 9.17) is 0 Å². The lowest BCUT2D eigenvalue weighted by Gasteiger charge is -2.05. The van der Waals surface area contributed by atoms with Crippen molar-refractivity contribution < 1.29 is 0 Å². The van der Waals surface area contributed by atoms with Gasteiger partial charge in [0.05, 0.1) is 11.0 Å². The molecule has 0 saturated heterocycles. The summed E-state index contributed by atoms with van der Waals surface area (Å²) in [5.41, 5.74) is 2.27. The summed E-state index contributed by atoms with van der Waals surface area (Å²) in [7, 11) is 1.91. The number of anilines is 1. The summed E-state index contributed by atoms with van der Waals surface area (Å²) >= 11 is 0. The fraction of sp³-hybridized carbons (Fsp3) is 0.364. The highest BCUT2D eigenvalue weighted by molar-refractivity contribution is 5.78. The maximum Gasteiger partial charge on any atom is 0.203 e. The number of aryl methyl sites for hydroxylation is 1. The minimum absolute atomic E-state index is 0.952.